The van der Waals surface area contributed by atoms with Crippen molar-refractivity contribution in [3.63, 3.8) is 0 Å². The van der Waals surface area contributed by atoms with Crippen LogP contribution in [0, 0.1) is 17.8 Å². The molecule has 0 fully saturated rings. The van der Waals surface area contributed by atoms with Gasteiger partial charge in [0.05, 0.1) is 13.2 Å². The zero-order valence-electron chi connectivity index (χ0n) is 21.1. The highest BCUT2D eigenvalue weighted by atomic mass is 16.5. The van der Waals surface area contributed by atoms with Crippen LogP contribution in [0.15, 0.2) is 103 Å². The van der Waals surface area contributed by atoms with Gasteiger partial charge in [0.1, 0.15) is 0 Å². The SMILES string of the molecule is CCOC(=O)/C=C/[C@H]1C(C(=O)OCC)=C(CC#Cc2ccccc2)c2ccccc2[C@@H]1c1ccccc1. The molecule has 1 aliphatic rings. The summed E-state index contributed by atoms with van der Waals surface area (Å²) in [6.07, 6.45) is 3.57. The minimum Gasteiger partial charge on any atom is -0.463 e. The monoisotopic (exact) mass is 490 g/mol. The molecule has 3 aromatic carbocycles. The van der Waals surface area contributed by atoms with E-state index in [1.165, 1.54) is 6.08 Å². The molecule has 0 heterocycles. The number of hydrogen-bond donors (Lipinski definition) is 0. The Morgan fingerprint density at radius 2 is 1.49 bits per heavy atom. The van der Waals surface area contributed by atoms with Crippen LogP contribution in [0.3, 0.4) is 0 Å². The predicted octanol–water partition coefficient (Wildman–Crippen LogP) is 6.33. The van der Waals surface area contributed by atoms with Gasteiger partial charge in [-0.15, -0.1) is 0 Å². The van der Waals surface area contributed by atoms with Crippen LogP contribution in [0.1, 0.15) is 48.4 Å². The third kappa shape index (κ3) is 6.08. The number of allylic oxidation sites excluding steroid dienone is 2. The molecule has 0 unspecified atom stereocenters. The molecule has 0 saturated carbocycles. The first-order chi connectivity index (χ1) is 18.1. The first-order valence-corrected chi connectivity index (χ1v) is 12.6. The van der Waals surface area contributed by atoms with E-state index < -0.39 is 17.9 Å². The van der Waals surface area contributed by atoms with Gasteiger partial charge in [-0.05, 0) is 48.2 Å². The lowest BCUT2D eigenvalue weighted by Crippen LogP contribution is -2.27. The van der Waals surface area contributed by atoms with Crippen LogP contribution in [0.4, 0.5) is 0 Å². The van der Waals surface area contributed by atoms with Gasteiger partial charge < -0.3 is 9.47 Å². The van der Waals surface area contributed by atoms with E-state index in [4.69, 9.17) is 9.47 Å². The first kappa shape index (κ1) is 25.7. The van der Waals surface area contributed by atoms with Crippen molar-refractivity contribution in [1.29, 1.82) is 0 Å². The van der Waals surface area contributed by atoms with E-state index in [-0.39, 0.29) is 19.1 Å². The molecule has 186 valence electrons. The van der Waals surface area contributed by atoms with E-state index in [1.54, 1.807) is 19.9 Å². The molecule has 4 heteroatoms. The zero-order valence-corrected chi connectivity index (χ0v) is 21.1. The third-order valence-corrected chi connectivity index (χ3v) is 6.29. The molecule has 0 amide bonds. The van der Waals surface area contributed by atoms with Gasteiger partial charge in [0, 0.05) is 35.5 Å². The Morgan fingerprint density at radius 3 is 2.19 bits per heavy atom. The Balaban J connectivity index is 1.91. The highest BCUT2D eigenvalue weighted by Crippen LogP contribution is 2.48. The van der Waals surface area contributed by atoms with E-state index >= 15 is 0 Å². The van der Waals surface area contributed by atoms with Crippen LogP contribution in [0.2, 0.25) is 0 Å². The van der Waals surface area contributed by atoms with Crippen molar-refractivity contribution in [3.8, 4) is 11.8 Å². The second-order valence-corrected chi connectivity index (χ2v) is 8.57. The van der Waals surface area contributed by atoms with Crippen molar-refractivity contribution in [2.45, 2.75) is 26.2 Å². The number of carbonyl (C=O) groups excluding carboxylic acids is 2. The topological polar surface area (TPSA) is 52.6 Å². The lowest BCUT2D eigenvalue weighted by atomic mass is 9.68. The lowest BCUT2D eigenvalue weighted by molar-refractivity contribution is -0.139. The van der Waals surface area contributed by atoms with Gasteiger partial charge in [0.25, 0.3) is 0 Å². The van der Waals surface area contributed by atoms with E-state index in [0.29, 0.717) is 12.0 Å². The highest BCUT2D eigenvalue weighted by Gasteiger charge is 2.38. The molecular formula is C33H30O4. The fourth-order valence-corrected chi connectivity index (χ4v) is 4.79. The molecule has 0 N–H and O–H groups in total. The minimum absolute atomic E-state index is 0.187. The van der Waals surface area contributed by atoms with Crippen LogP contribution < -0.4 is 0 Å². The zero-order chi connectivity index (χ0) is 26.0. The average molecular weight is 491 g/mol. The van der Waals surface area contributed by atoms with Crippen LogP contribution in [0.25, 0.3) is 5.57 Å². The summed E-state index contributed by atoms with van der Waals surface area (Å²) in [5, 5.41) is 0. The number of carbonyl (C=O) groups is 2. The Morgan fingerprint density at radius 1 is 0.838 bits per heavy atom. The van der Waals surface area contributed by atoms with Crippen LogP contribution in [-0.2, 0) is 19.1 Å². The number of hydrogen-bond acceptors (Lipinski definition) is 4. The normalized spacial score (nSPS) is 16.5. The fraction of sp³-hybridized carbons (Fsp3) is 0.212. The lowest BCUT2D eigenvalue weighted by Gasteiger charge is -2.35. The number of fused-ring (bicyclic) bond motifs is 1. The highest BCUT2D eigenvalue weighted by molar-refractivity contribution is 6.01. The largest absolute Gasteiger partial charge is 0.463 e. The van der Waals surface area contributed by atoms with Crippen LogP contribution >= 0.6 is 0 Å². The summed E-state index contributed by atoms with van der Waals surface area (Å²) in [6.45, 7) is 4.09. The second-order valence-electron chi connectivity index (χ2n) is 8.57. The summed E-state index contributed by atoms with van der Waals surface area (Å²) in [4.78, 5) is 25.9. The van der Waals surface area contributed by atoms with Crippen molar-refractivity contribution in [2.75, 3.05) is 13.2 Å². The summed E-state index contributed by atoms with van der Waals surface area (Å²) in [7, 11) is 0. The Labute approximate surface area is 218 Å². The van der Waals surface area contributed by atoms with Gasteiger partial charge in [-0.1, -0.05) is 90.7 Å². The molecule has 1 aliphatic carbocycles. The van der Waals surface area contributed by atoms with E-state index in [0.717, 1.165) is 27.8 Å². The summed E-state index contributed by atoms with van der Waals surface area (Å²) in [6, 6.07) is 27.9. The maximum absolute atomic E-state index is 13.5. The summed E-state index contributed by atoms with van der Waals surface area (Å²) >= 11 is 0. The van der Waals surface area contributed by atoms with Crippen LogP contribution in [0.5, 0.6) is 0 Å². The smallest absolute Gasteiger partial charge is 0.334 e. The van der Waals surface area contributed by atoms with Gasteiger partial charge in [0.15, 0.2) is 0 Å². The fourth-order valence-electron chi connectivity index (χ4n) is 4.79. The number of ether oxygens (including phenoxy) is 2. The summed E-state index contributed by atoms with van der Waals surface area (Å²) in [5.74, 6) is 5.02. The van der Waals surface area contributed by atoms with Crippen molar-refractivity contribution in [2.24, 2.45) is 5.92 Å². The summed E-state index contributed by atoms with van der Waals surface area (Å²) < 4.78 is 10.7. The van der Waals surface area contributed by atoms with Gasteiger partial charge in [-0.25, -0.2) is 9.59 Å². The maximum atomic E-state index is 13.5. The minimum atomic E-state index is -0.443. The molecule has 4 rings (SSSR count). The third-order valence-electron chi connectivity index (χ3n) is 6.29. The van der Waals surface area contributed by atoms with Gasteiger partial charge in [-0.3, -0.25) is 0 Å². The maximum Gasteiger partial charge on any atom is 0.334 e. The van der Waals surface area contributed by atoms with Crippen molar-refractivity contribution >= 4 is 17.5 Å². The molecule has 0 aliphatic heterocycles. The van der Waals surface area contributed by atoms with Crippen LogP contribution in [-0.4, -0.2) is 25.2 Å². The molecule has 0 aromatic heterocycles. The number of rotatable bonds is 7. The van der Waals surface area contributed by atoms with E-state index in [1.807, 2.05) is 66.7 Å². The van der Waals surface area contributed by atoms with Crippen molar-refractivity contribution in [3.05, 3.63) is 125 Å². The Kier molecular flexibility index (Phi) is 8.73. The quantitative estimate of drug-likeness (QED) is 0.221. The number of esters is 2. The van der Waals surface area contributed by atoms with Gasteiger partial charge in [0.2, 0.25) is 0 Å². The van der Waals surface area contributed by atoms with Crippen molar-refractivity contribution < 1.29 is 19.1 Å². The van der Waals surface area contributed by atoms with Gasteiger partial charge >= 0.3 is 11.9 Å². The molecule has 37 heavy (non-hydrogen) atoms. The molecule has 0 radical (unpaired) electrons. The molecule has 2 atom stereocenters. The van der Waals surface area contributed by atoms with E-state index in [9.17, 15) is 9.59 Å². The van der Waals surface area contributed by atoms with Gasteiger partial charge in [-0.2, -0.15) is 0 Å². The standard InChI is InChI=1S/C33H30O4/c1-3-36-30(34)23-22-29-31(25-17-9-6-10-18-25)27-20-12-11-19-26(27)28(32(29)33(35)37-4-2)21-13-16-24-14-7-5-8-15-24/h5-12,14-15,17-20,22-23,29,31H,3-4,21H2,1-2H3/b23-22+/t29-,31+/m1/s1. The molecule has 0 spiro atoms. The molecule has 3 aromatic rings. The predicted molar refractivity (Wildman–Crippen MR) is 145 cm³/mol. The summed E-state index contributed by atoms with van der Waals surface area (Å²) in [5.41, 5.74) is 5.36. The molecule has 4 nitrogen and oxygen atoms in total. The molecule has 0 bridgehead atoms. The Bertz CT molecular complexity index is 1360. The average Bonchev–Trinajstić information content (AvgIpc) is 2.93. The van der Waals surface area contributed by atoms with E-state index in [2.05, 4.69) is 30.0 Å². The Hall–Kier alpha value is -4.36. The molecular weight excluding hydrogens is 460 g/mol. The second kappa shape index (κ2) is 12.6. The first-order valence-electron chi connectivity index (χ1n) is 12.6. The molecule has 0 saturated heterocycles. The number of benzene rings is 3. The van der Waals surface area contributed by atoms with Crippen molar-refractivity contribution in [1.82, 2.24) is 0 Å².